The maximum atomic E-state index is 12.8. The average Bonchev–Trinajstić information content (AvgIpc) is 2.65. The third-order valence-electron chi connectivity index (χ3n) is 4.80. The first-order chi connectivity index (χ1) is 13.1. The number of nitrogens with one attached hydrogen (secondary N) is 1. The molecule has 1 aromatic carbocycles. The van der Waals surface area contributed by atoms with Crippen LogP contribution in [-0.2, 0) is 14.3 Å². The zero-order valence-corrected chi connectivity index (χ0v) is 17.3. The van der Waals surface area contributed by atoms with E-state index in [2.05, 4.69) is 10.1 Å². The molecule has 7 nitrogen and oxygen atoms in total. The summed E-state index contributed by atoms with van der Waals surface area (Å²) in [7, 11) is 3.07. The van der Waals surface area contributed by atoms with Crippen LogP contribution in [0.1, 0.15) is 56.8 Å². The highest BCUT2D eigenvalue weighted by atomic mass is 16.6. The van der Waals surface area contributed by atoms with Crippen molar-refractivity contribution in [2.45, 2.75) is 58.1 Å². The summed E-state index contributed by atoms with van der Waals surface area (Å²) in [6, 6.07) is 6.79. The van der Waals surface area contributed by atoms with Crippen LogP contribution in [-0.4, -0.2) is 43.8 Å². The number of ether oxygens (including phenoxy) is 2. The van der Waals surface area contributed by atoms with Gasteiger partial charge in [0.15, 0.2) is 0 Å². The number of nitrogens with zero attached hydrogens (tertiary/aromatic N) is 1. The lowest BCUT2D eigenvalue weighted by Crippen LogP contribution is -2.43. The Morgan fingerprint density at radius 3 is 2.11 bits per heavy atom. The predicted octanol–water partition coefficient (Wildman–Crippen LogP) is 3.52. The van der Waals surface area contributed by atoms with Crippen LogP contribution in [0.5, 0.6) is 0 Å². The topological polar surface area (TPSA) is 84.9 Å². The lowest BCUT2D eigenvalue weighted by atomic mass is 9.85. The Balaban J connectivity index is 1.87. The van der Waals surface area contributed by atoms with E-state index in [4.69, 9.17) is 4.74 Å². The van der Waals surface area contributed by atoms with Gasteiger partial charge in [-0.25, -0.2) is 9.59 Å². The van der Waals surface area contributed by atoms with Gasteiger partial charge in [-0.05, 0) is 70.7 Å². The van der Waals surface area contributed by atoms with E-state index in [1.54, 1.807) is 36.2 Å². The highest BCUT2D eigenvalue weighted by Gasteiger charge is 2.30. The lowest BCUT2D eigenvalue weighted by molar-refractivity contribution is -0.123. The zero-order valence-electron chi connectivity index (χ0n) is 17.3. The van der Waals surface area contributed by atoms with Crippen LogP contribution in [0.3, 0.4) is 0 Å². The summed E-state index contributed by atoms with van der Waals surface area (Å²) in [5.74, 6) is -0.445. The second kappa shape index (κ2) is 9.08. The molecule has 0 unspecified atom stereocenters. The Morgan fingerprint density at radius 2 is 1.61 bits per heavy atom. The summed E-state index contributed by atoms with van der Waals surface area (Å²) in [6.45, 7) is 5.49. The monoisotopic (exact) mass is 390 g/mol. The van der Waals surface area contributed by atoms with Crippen molar-refractivity contribution in [1.29, 1.82) is 0 Å². The van der Waals surface area contributed by atoms with E-state index in [-0.39, 0.29) is 17.9 Å². The fraction of sp³-hybridized carbons (Fsp3) is 0.571. The molecule has 0 heterocycles. The Kier molecular flexibility index (Phi) is 7.05. The molecule has 1 aliphatic carbocycles. The number of carbonyl (C=O) groups is 3. The van der Waals surface area contributed by atoms with E-state index in [1.807, 2.05) is 20.8 Å². The minimum absolute atomic E-state index is 0.0311. The van der Waals surface area contributed by atoms with Crippen molar-refractivity contribution < 1.29 is 23.9 Å². The molecule has 1 aliphatic rings. The summed E-state index contributed by atoms with van der Waals surface area (Å²) >= 11 is 0. The van der Waals surface area contributed by atoms with Crippen molar-refractivity contribution in [2.75, 3.05) is 19.1 Å². The van der Waals surface area contributed by atoms with Gasteiger partial charge in [-0.3, -0.25) is 4.79 Å². The van der Waals surface area contributed by atoms with Crippen molar-refractivity contribution in [2.24, 2.45) is 5.92 Å². The molecular formula is C21H30N2O5. The smallest absolute Gasteiger partial charge is 0.407 e. The van der Waals surface area contributed by atoms with E-state index in [0.29, 0.717) is 18.4 Å². The molecule has 1 fully saturated rings. The van der Waals surface area contributed by atoms with Crippen molar-refractivity contribution in [3.8, 4) is 0 Å². The molecule has 0 saturated heterocycles. The molecule has 154 valence electrons. The quantitative estimate of drug-likeness (QED) is 0.795. The van der Waals surface area contributed by atoms with E-state index in [1.165, 1.54) is 7.11 Å². The normalized spacial score (nSPS) is 19.5. The third kappa shape index (κ3) is 5.97. The van der Waals surface area contributed by atoms with Crippen molar-refractivity contribution >= 4 is 23.7 Å². The molecule has 0 aromatic heterocycles. The van der Waals surface area contributed by atoms with Gasteiger partial charge in [-0.2, -0.15) is 0 Å². The molecule has 0 radical (unpaired) electrons. The number of alkyl carbamates (subject to hydrolysis) is 1. The fourth-order valence-corrected chi connectivity index (χ4v) is 3.30. The van der Waals surface area contributed by atoms with Gasteiger partial charge in [0.05, 0.1) is 12.7 Å². The summed E-state index contributed by atoms with van der Waals surface area (Å²) < 4.78 is 9.97. The molecule has 2 rings (SSSR count). The molecule has 0 bridgehead atoms. The number of esters is 1. The predicted molar refractivity (Wildman–Crippen MR) is 106 cm³/mol. The SMILES string of the molecule is COC(=O)c1ccc(N(C)C(=O)C2CCC(NC(=O)OC(C)(C)C)CC2)cc1. The Hall–Kier alpha value is -2.57. The fourth-order valence-electron chi connectivity index (χ4n) is 3.30. The second-order valence-electron chi connectivity index (χ2n) is 8.13. The highest BCUT2D eigenvalue weighted by molar-refractivity contribution is 5.95. The minimum atomic E-state index is -0.524. The zero-order chi connectivity index (χ0) is 20.9. The van der Waals surface area contributed by atoms with Gasteiger partial charge >= 0.3 is 12.1 Å². The molecule has 0 spiro atoms. The van der Waals surface area contributed by atoms with Gasteiger partial charge in [0.1, 0.15) is 5.60 Å². The van der Waals surface area contributed by atoms with Gasteiger partial charge in [0.2, 0.25) is 5.91 Å². The molecule has 0 atom stereocenters. The maximum absolute atomic E-state index is 12.8. The van der Waals surface area contributed by atoms with Gasteiger partial charge in [-0.15, -0.1) is 0 Å². The first kappa shape index (κ1) is 21.7. The van der Waals surface area contributed by atoms with Crippen LogP contribution in [0.25, 0.3) is 0 Å². The van der Waals surface area contributed by atoms with Crippen molar-refractivity contribution in [3.05, 3.63) is 29.8 Å². The first-order valence-corrected chi connectivity index (χ1v) is 9.56. The standard InChI is InChI=1S/C21H30N2O5/c1-21(2,3)28-20(26)22-16-10-6-14(7-11-16)18(24)23(4)17-12-8-15(9-13-17)19(25)27-5/h8-9,12-14,16H,6-7,10-11H2,1-5H3,(H,22,26). The molecule has 7 heteroatoms. The first-order valence-electron chi connectivity index (χ1n) is 9.56. The Labute approximate surface area is 166 Å². The van der Waals surface area contributed by atoms with Crippen LogP contribution in [0, 0.1) is 5.92 Å². The molecule has 28 heavy (non-hydrogen) atoms. The average molecular weight is 390 g/mol. The van der Waals surface area contributed by atoms with Crippen LogP contribution in [0.2, 0.25) is 0 Å². The number of methoxy groups -OCH3 is 1. The largest absolute Gasteiger partial charge is 0.465 e. The second-order valence-corrected chi connectivity index (χ2v) is 8.13. The number of carbonyl (C=O) groups excluding carboxylic acids is 3. The minimum Gasteiger partial charge on any atom is -0.465 e. The molecule has 1 N–H and O–H groups in total. The summed E-state index contributed by atoms with van der Waals surface area (Å²) in [5, 5.41) is 2.89. The van der Waals surface area contributed by atoms with Gasteiger partial charge in [0, 0.05) is 24.7 Å². The molecule has 0 aliphatic heterocycles. The third-order valence-corrected chi connectivity index (χ3v) is 4.80. The van der Waals surface area contributed by atoms with E-state index in [9.17, 15) is 14.4 Å². The van der Waals surface area contributed by atoms with Crippen molar-refractivity contribution in [1.82, 2.24) is 5.32 Å². The number of amides is 2. The maximum Gasteiger partial charge on any atom is 0.407 e. The van der Waals surface area contributed by atoms with Gasteiger partial charge < -0.3 is 19.7 Å². The van der Waals surface area contributed by atoms with E-state index < -0.39 is 17.7 Å². The number of hydrogen-bond acceptors (Lipinski definition) is 5. The number of benzene rings is 1. The molecule has 1 aromatic rings. The summed E-state index contributed by atoms with van der Waals surface area (Å²) in [6.07, 6.45) is 2.49. The van der Waals surface area contributed by atoms with Crippen molar-refractivity contribution in [3.63, 3.8) is 0 Å². The lowest BCUT2D eigenvalue weighted by Gasteiger charge is -2.31. The van der Waals surface area contributed by atoms with Crippen LogP contribution < -0.4 is 10.2 Å². The van der Waals surface area contributed by atoms with Gasteiger partial charge in [0.25, 0.3) is 0 Å². The van der Waals surface area contributed by atoms with Crippen LogP contribution in [0.15, 0.2) is 24.3 Å². The van der Waals surface area contributed by atoms with E-state index >= 15 is 0 Å². The highest BCUT2D eigenvalue weighted by Crippen LogP contribution is 2.28. The Morgan fingerprint density at radius 1 is 1.04 bits per heavy atom. The number of hydrogen-bond donors (Lipinski definition) is 1. The Bertz CT molecular complexity index is 701. The molecule has 2 amide bonds. The van der Waals surface area contributed by atoms with Gasteiger partial charge in [-0.1, -0.05) is 0 Å². The molecular weight excluding hydrogens is 360 g/mol. The molecule has 1 saturated carbocycles. The number of rotatable bonds is 4. The van der Waals surface area contributed by atoms with Crippen LogP contribution >= 0.6 is 0 Å². The van der Waals surface area contributed by atoms with Crippen LogP contribution in [0.4, 0.5) is 10.5 Å². The van der Waals surface area contributed by atoms with E-state index in [0.717, 1.165) is 18.5 Å². The summed E-state index contributed by atoms with van der Waals surface area (Å²) in [4.78, 5) is 37.8. The number of anilines is 1. The summed E-state index contributed by atoms with van der Waals surface area (Å²) in [5.41, 5.74) is 0.649.